The third-order valence-electron chi connectivity index (χ3n) is 4.57. The van der Waals surface area contributed by atoms with E-state index >= 15 is 0 Å². The molecular weight excluding hydrogens is 508 g/mol. The summed E-state index contributed by atoms with van der Waals surface area (Å²) in [6.45, 7) is 0. The summed E-state index contributed by atoms with van der Waals surface area (Å²) in [4.78, 5) is 30.1. The fraction of sp³-hybridized carbons (Fsp3) is 0.0435. The van der Waals surface area contributed by atoms with Gasteiger partial charge in [-0.1, -0.05) is 39.8 Å². The van der Waals surface area contributed by atoms with Crippen molar-refractivity contribution in [3.8, 4) is 17.2 Å². The van der Waals surface area contributed by atoms with Gasteiger partial charge in [-0.2, -0.15) is 5.10 Å². The van der Waals surface area contributed by atoms with Gasteiger partial charge in [0.15, 0.2) is 5.16 Å². The monoisotopic (exact) mass is 524 g/mol. The van der Waals surface area contributed by atoms with Crippen LogP contribution in [0.25, 0.3) is 16.6 Å². The van der Waals surface area contributed by atoms with E-state index in [2.05, 4.69) is 31.4 Å². The number of carbonyl (C=O) groups excluding carboxylic acids is 1. The van der Waals surface area contributed by atoms with E-state index in [1.54, 1.807) is 36.4 Å². The van der Waals surface area contributed by atoms with Crippen LogP contribution in [-0.4, -0.2) is 37.6 Å². The number of carbonyl (C=O) groups is 1. The van der Waals surface area contributed by atoms with Crippen LogP contribution in [0, 0.1) is 0 Å². The summed E-state index contributed by atoms with van der Waals surface area (Å²) in [6.07, 6.45) is 1.27. The van der Waals surface area contributed by atoms with Crippen molar-refractivity contribution in [1.29, 1.82) is 0 Å². The number of phenols is 2. The lowest BCUT2D eigenvalue weighted by Crippen LogP contribution is -2.24. The molecule has 0 saturated carbocycles. The molecular formula is C23H17BrN4O4S. The number of thioether (sulfide) groups is 1. The van der Waals surface area contributed by atoms with Gasteiger partial charge < -0.3 is 10.2 Å². The van der Waals surface area contributed by atoms with Crippen molar-refractivity contribution in [3.05, 3.63) is 87.1 Å². The van der Waals surface area contributed by atoms with E-state index in [0.717, 1.165) is 16.2 Å². The van der Waals surface area contributed by atoms with Gasteiger partial charge in [0.25, 0.3) is 11.5 Å². The Labute approximate surface area is 200 Å². The lowest BCUT2D eigenvalue weighted by molar-refractivity contribution is -0.118. The number of amides is 1. The molecule has 3 N–H and O–H groups in total. The Morgan fingerprint density at radius 1 is 1.12 bits per heavy atom. The normalized spacial score (nSPS) is 11.2. The van der Waals surface area contributed by atoms with Crippen LogP contribution < -0.4 is 11.0 Å². The standard InChI is InChI=1S/C23H17BrN4O4S/c24-15-6-8-16(9-7-15)28-22(32)18-3-1-2-4-19(18)26-23(28)33-13-21(31)27-25-12-14-5-10-17(29)11-20(14)30/h1-12,29-30H,13H2,(H,27,31)/b25-12-. The third kappa shape index (κ3) is 5.24. The second-order valence-corrected chi connectivity index (χ2v) is 8.71. The molecule has 0 fully saturated rings. The van der Waals surface area contributed by atoms with E-state index < -0.39 is 5.91 Å². The van der Waals surface area contributed by atoms with Gasteiger partial charge in [-0.05, 0) is 48.5 Å². The molecule has 1 aromatic heterocycles. The van der Waals surface area contributed by atoms with Gasteiger partial charge in [0.05, 0.1) is 28.6 Å². The first kappa shape index (κ1) is 22.6. The van der Waals surface area contributed by atoms with Crippen molar-refractivity contribution in [2.75, 3.05) is 5.75 Å². The van der Waals surface area contributed by atoms with E-state index in [0.29, 0.717) is 27.3 Å². The lowest BCUT2D eigenvalue weighted by Gasteiger charge is -2.13. The molecule has 4 aromatic rings. The van der Waals surface area contributed by atoms with Gasteiger partial charge in [0.2, 0.25) is 0 Å². The van der Waals surface area contributed by atoms with Crippen molar-refractivity contribution < 1.29 is 15.0 Å². The second-order valence-electron chi connectivity index (χ2n) is 6.85. The van der Waals surface area contributed by atoms with Gasteiger partial charge >= 0.3 is 0 Å². The lowest BCUT2D eigenvalue weighted by atomic mass is 10.2. The molecule has 3 aromatic carbocycles. The number of nitrogens with one attached hydrogen (secondary N) is 1. The predicted octanol–water partition coefficient (Wildman–Crippen LogP) is 3.80. The summed E-state index contributed by atoms with van der Waals surface area (Å²) in [7, 11) is 0. The first-order valence-electron chi connectivity index (χ1n) is 9.67. The molecule has 0 spiro atoms. The highest BCUT2D eigenvalue weighted by Crippen LogP contribution is 2.23. The minimum absolute atomic E-state index is 0.0415. The number of halogens is 1. The van der Waals surface area contributed by atoms with Crippen LogP contribution in [0.5, 0.6) is 11.5 Å². The minimum Gasteiger partial charge on any atom is -0.508 e. The number of benzene rings is 3. The Bertz CT molecular complexity index is 1420. The summed E-state index contributed by atoms with van der Waals surface area (Å²) >= 11 is 4.50. The summed E-state index contributed by atoms with van der Waals surface area (Å²) in [6, 6.07) is 18.3. The number of rotatable bonds is 6. The van der Waals surface area contributed by atoms with Crippen LogP contribution in [0.1, 0.15) is 5.56 Å². The average Bonchev–Trinajstić information content (AvgIpc) is 2.80. The van der Waals surface area contributed by atoms with Gasteiger partial charge in [-0.25, -0.2) is 10.4 Å². The molecule has 0 aliphatic heterocycles. The van der Waals surface area contributed by atoms with Crippen LogP contribution in [-0.2, 0) is 4.79 Å². The van der Waals surface area contributed by atoms with Crippen molar-refractivity contribution in [1.82, 2.24) is 15.0 Å². The molecule has 1 heterocycles. The molecule has 1 amide bonds. The molecule has 0 bridgehead atoms. The number of fused-ring (bicyclic) bond motifs is 1. The molecule has 0 aliphatic rings. The summed E-state index contributed by atoms with van der Waals surface area (Å²) in [5.74, 6) is -0.703. The highest BCUT2D eigenvalue weighted by molar-refractivity contribution is 9.10. The van der Waals surface area contributed by atoms with E-state index in [-0.39, 0.29) is 22.8 Å². The van der Waals surface area contributed by atoms with Crippen molar-refractivity contribution >= 4 is 50.7 Å². The molecule has 166 valence electrons. The first-order chi connectivity index (χ1) is 15.9. The molecule has 33 heavy (non-hydrogen) atoms. The highest BCUT2D eigenvalue weighted by Gasteiger charge is 2.14. The zero-order chi connectivity index (χ0) is 23.4. The topological polar surface area (TPSA) is 117 Å². The summed E-state index contributed by atoms with van der Waals surface area (Å²) < 4.78 is 2.35. The number of aromatic hydroxyl groups is 2. The predicted molar refractivity (Wildman–Crippen MR) is 131 cm³/mol. The number of nitrogens with zero attached hydrogens (tertiary/aromatic N) is 3. The fourth-order valence-corrected chi connectivity index (χ4v) is 4.07. The zero-order valence-corrected chi connectivity index (χ0v) is 19.4. The number of hydrogen-bond donors (Lipinski definition) is 3. The Kier molecular flexibility index (Phi) is 6.76. The third-order valence-corrected chi connectivity index (χ3v) is 6.04. The molecule has 4 rings (SSSR count). The van der Waals surface area contributed by atoms with Crippen LogP contribution in [0.2, 0.25) is 0 Å². The molecule has 10 heteroatoms. The van der Waals surface area contributed by atoms with E-state index in [4.69, 9.17) is 0 Å². The molecule has 8 nitrogen and oxygen atoms in total. The smallest absolute Gasteiger partial charge is 0.266 e. The number of aromatic nitrogens is 2. The Balaban J connectivity index is 1.55. The number of phenolic OH excluding ortho intramolecular Hbond substituents is 2. The van der Waals surface area contributed by atoms with Crippen molar-refractivity contribution in [3.63, 3.8) is 0 Å². The number of hydrogen-bond acceptors (Lipinski definition) is 7. The maximum atomic E-state index is 13.2. The Hall–Kier alpha value is -3.63. The molecule has 0 saturated heterocycles. The van der Waals surface area contributed by atoms with Gasteiger partial charge in [0, 0.05) is 16.1 Å². The van der Waals surface area contributed by atoms with E-state index in [1.807, 2.05) is 12.1 Å². The molecule has 0 unspecified atom stereocenters. The van der Waals surface area contributed by atoms with Crippen LogP contribution in [0.3, 0.4) is 0 Å². The number of hydrazone groups is 1. The van der Waals surface area contributed by atoms with E-state index in [1.165, 1.54) is 29.0 Å². The molecule has 0 radical (unpaired) electrons. The van der Waals surface area contributed by atoms with Crippen LogP contribution in [0.4, 0.5) is 0 Å². The maximum absolute atomic E-state index is 13.2. The first-order valence-corrected chi connectivity index (χ1v) is 11.4. The quantitative estimate of drug-likeness (QED) is 0.153. The summed E-state index contributed by atoms with van der Waals surface area (Å²) in [5.41, 5.74) is 3.65. The minimum atomic E-state index is -0.417. The van der Waals surface area contributed by atoms with Crippen molar-refractivity contribution in [2.24, 2.45) is 5.10 Å². The van der Waals surface area contributed by atoms with E-state index in [9.17, 15) is 19.8 Å². The zero-order valence-electron chi connectivity index (χ0n) is 17.0. The van der Waals surface area contributed by atoms with Crippen LogP contribution >= 0.6 is 27.7 Å². The largest absolute Gasteiger partial charge is 0.508 e. The maximum Gasteiger partial charge on any atom is 0.266 e. The Morgan fingerprint density at radius 3 is 2.64 bits per heavy atom. The summed E-state index contributed by atoms with van der Waals surface area (Å²) in [5, 5.41) is 23.8. The Morgan fingerprint density at radius 2 is 1.88 bits per heavy atom. The highest BCUT2D eigenvalue weighted by atomic mass is 79.9. The second kappa shape index (κ2) is 9.88. The molecule has 0 atom stereocenters. The average molecular weight is 525 g/mol. The molecule has 0 aliphatic carbocycles. The van der Waals surface area contributed by atoms with Gasteiger partial charge in [-0.15, -0.1) is 0 Å². The van der Waals surface area contributed by atoms with Crippen molar-refractivity contribution in [2.45, 2.75) is 5.16 Å². The number of para-hydroxylation sites is 1. The van der Waals surface area contributed by atoms with Gasteiger partial charge in [0.1, 0.15) is 11.5 Å². The SMILES string of the molecule is O=C(CSc1nc2ccccc2c(=O)n1-c1ccc(Br)cc1)N/N=C\c1ccc(O)cc1O. The van der Waals surface area contributed by atoms with Gasteiger partial charge in [-0.3, -0.25) is 14.2 Å². The fourth-order valence-electron chi connectivity index (χ4n) is 3.00. The van der Waals surface area contributed by atoms with Crippen LogP contribution in [0.15, 0.2) is 86.3 Å².